The van der Waals surface area contributed by atoms with Crippen LogP contribution in [0, 0.1) is 6.92 Å². The first-order valence-corrected chi connectivity index (χ1v) is 21.2. The maximum atomic E-state index is 11.7. The lowest BCUT2D eigenvalue weighted by Gasteiger charge is -2.26. The second kappa shape index (κ2) is 33.6. The van der Waals surface area contributed by atoms with Crippen molar-refractivity contribution >= 4 is 33.4 Å². The van der Waals surface area contributed by atoms with Gasteiger partial charge in [0.25, 0.3) is 10.1 Å². The molecule has 16 heteroatoms. The lowest BCUT2D eigenvalue weighted by atomic mass is 10.1. The molecular weight excluding hydrogens is 797 g/mol. The van der Waals surface area contributed by atoms with Crippen LogP contribution in [0.3, 0.4) is 0 Å². The SMILES string of the molecule is C.CCCOCCN(CCCC(=O)OC)c1cc(CO)cc(CO)c1.CCCOCCOS(=O)(=O)c1ccc(C)cc1.COC(=O)CCCNc1cc(CO)cc(CO)c1. The largest absolute Gasteiger partial charge is 0.469 e. The summed E-state index contributed by atoms with van der Waals surface area (Å²) in [6.45, 7) is 9.91. The minimum Gasteiger partial charge on any atom is -0.469 e. The molecule has 340 valence electrons. The summed E-state index contributed by atoms with van der Waals surface area (Å²) in [5.41, 5.74) is 5.75. The molecule has 0 saturated heterocycles. The first kappa shape index (κ1) is 55.9. The molecule has 0 atom stereocenters. The zero-order chi connectivity index (χ0) is 43.9. The van der Waals surface area contributed by atoms with E-state index in [2.05, 4.69) is 26.6 Å². The highest BCUT2D eigenvalue weighted by Gasteiger charge is 2.14. The first-order chi connectivity index (χ1) is 28.4. The molecule has 0 aliphatic carbocycles. The number of aliphatic hydroxyl groups is 4. The van der Waals surface area contributed by atoms with Gasteiger partial charge < -0.3 is 49.6 Å². The molecule has 0 saturated carbocycles. The Kier molecular flexibility index (Phi) is 31.3. The Balaban J connectivity index is 0.000000879. The van der Waals surface area contributed by atoms with Crippen molar-refractivity contribution < 1.29 is 61.6 Å². The Hall–Kier alpha value is -4.13. The number of ether oxygens (including phenoxy) is 4. The van der Waals surface area contributed by atoms with Crippen LogP contribution in [-0.2, 0) is 69.3 Å². The highest BCUT2D eigenvalue weighted by molar-refractivity contribution is 7.86. The van der Waals surface area contributed by atoms with Crippen molar-refractivity contribution in [3.63, 3.8) is 0 Å². The van der Waals surface area contributed by atoms with Crippen LogP contribution < -0.4 is 10.2 Å². The number of benzene rings is 3. The van der Waals surface area contributed by atoms with E-state index in [1.54, 1.807) is 24.3 Å². The van der Waals surface area contributed by atoms with E-state index in [1.807, 2.05) is 38.1 Å². The molecule has 5 N–H and O–H groups in total. The lowest BCUT2D eigenvalue weighted by molar-refractivity contribution is -0.141. The van der Waals surface area contributed by atoms with Gasteiger partial charge in [-0.1, -0.05) is 51.1 Å². The molecule has 0 aliphatic heterocycles. The number of carbonyl (C=O) groups excluding carboxylic acids is 2. The summed E-state index contributed by atoms with van der Waals surface area (Å²) in [6, 6.07) is 17.5. The van der Waals surface area contributed by atoms with E-state index in [0.717, 1.165) is 52.0 Å². The highest BCUT2D eigenvalue weighted by atomic mass is 32.2. The Labute approximate surface area is 357 Å². The van der Waals surface area contributed by atoms with Gasteiger partial charge in [-0.05, 0) is 91.3 Å². The molecule has 0 amide bonds. The molecule has 3 rings (SSSR count). The molecule has 0 radical (unpaired) electrons. The fraction of sp³-hybridized carbons (Fsp3) is 0.545. The van der Waals surface area contributed by atoms with Crippen molar-refractivity contribution in [3.8, 4) is 0 Å². The van der Waals surface area contributed by atoms with Crippen LogP contribution in [0.1, 0.15) is 87.6 Å². The van der Waals surface area contributed by atoms with Gasteiger partial charge in [0.05, 0.1) is 65.4 Å². The first-order valence-electron chi connectivity index (χ1n) is 19.8. The number of carbonyl (C=O) groups is 2. The van der Waals surface area contributed by atoms with Gasteiger partial charge in [0, 0.05) is 57.1 Å². The second-order valence-electron chi connectivity index (χ2n) is 13.3. The Morgan fingerprint density at radius 3 is 1.62 bits per heavy atom. The van der Waals surface area contributed by atoms with Gasteiger partial charge >= 0.3 is 11.9 Å². The van der Waals surface area contributed by atoms with Crippen LogP contribution in [-0.4, -0.2) is 108 Å². The highest BCUT2D eigenvalue weighted by Crippen LogP contribution is 2.21. The lowest BCUT2D eigenvalue weighted by Crippen LogP contribution is -2.29. The van der Waals surface area contributed by atoms with E-state index in [0.29, 0.717) is 71.7 Å². The fourth-order valence-electron chi connectivity index (χ4n) is 5.25. The molecule has 0 fully saturated rings. The number of rotatable bonds is 26. The van der Waals surface area contributed by atoms with Crippen molar-refractivity contribution in [3.05, 3.63) is 88.5 Å². The van der Waals surface area contributed by atoms with Gasteiger partial charge in [-0.25, -0.2) is 0 Å². The number of esters is 2. The third-order valence-corrected chi connectivity index (χ3v) is 9.64. The van der Waals surface area contributed by atoms with Gasteiger partial charge in [-0.2, -0.15) is 8.42 Å². The smallest absolute Gasteiger partial charge is 0.305 e. The molecule has 60 heavy (non-hydrogen) atoms. The van der Waals surface area contributed by atoms with Crippen LogP contribution in [0.2, 0.25) is 0 Å². The summed E-state index contributed by atoms with van der Waals surface area (Å²) in [5, 5.41) is 40.1. The molecule has 0 heterocycles. The van der Waals surface area contributed by atoms with Gasteiger partial charge in [-0.3, -0.25) is 13.8 Å². The summed E-state index contributed by atoms with van der Waals surface area (Å²) < 4.78 is 48.2. The fourth-order valence-corrected chi connectivity index (χ4v) is 6.15. The average molecular weight is 867 g/mol. The van der Waals surface area contributed by atoms with E-state index >= 15 is 0 Å². The van der Waals surface area contributed by atoms with Gasteiger partial charge in [0.15, 0.2) is 0 Å². The number of nitrogens with zero attached hydrogens (tertiary/aromatic N) is 1. The van der Waals surface area contributed by atoms with Crippen LogP contribution in [0.25, 0.3) is 0 Å². The Morgan fingerprint density at radius 1 is 0.650 bits per heavy atom. The molecule has 15 nitrogen and oxygen atoms in total. The zero-order valence-corrected chi connectivity index (χ0v) is 36.1. The number of aliphatic hydroxyl groups excluding tert-OH is 4. The normalized spacial score (nSPS) is 10.6. The van der Waals surface area contributed by atoms with Gasteiger partial charge in [0.2, 0.25) is 0 Å². The molecule has 0 unspecified atom stereocenters. The number of nitrogens with one attached hydrogen (secondary N) is 1. The van der Waals surface area contributed by atoms with Crippen molar-refractivity contribution in [1.29, 1.82) is 0 Å². The Morgan fingerprint density at radius 2 is 1.13 bits per heavy atom. The number of anilines is 2. The summed E-state index contributed by atoms with van der Waals surface area (Å²) in [5.74, 6) is -0.450. The van der Waals surface area contributed by atoms with E-state index in [9.17, 15) is 28.2 Å². The summed E-state index contributed by atoms with van der Waals surface area (Å²) in [7, 11) is -0.889. The zero-order valence-electron chi connectivity index (χ0n) is 35.3. The summed E-state index contributed by atoms with van der Waals surface area (Å²) >= 11 is 0. The second-order valence-corrected chi connectivity index (χ2v) is 14.9. The molecule has 0 aliphatic rings. The molecule has 0 bridgehead atoms. The van der Waals surface area contributed by atoms with E-state index < -0.39 is 10.1 Å². The third kappa shape index (κ3) is 24.2. The number of methoxy groups -OCH3 is 2. The topological polar surface area (TPSA) is 211 Å². The minimum atomic E-state index is -3.64. The third-order valence-electron chi connectivity index (χ3n) is 8.31. The summed E-state index contributed by atoms with van der Waals surface area (Å²) in [6.07, 6.45) is 3.94. The predicted molar refractivity (Wildman–Crippen MR) is 233 cm³/mol. The molecule has 0 spiro atoms. The average Bonchev–Trinajstić information content (AvgIpc) is 3.25. The van der Waals surface area contributed by atoms with Gasteiger partial charge in [-0.15, -0.1) is 0 Å². The van der Waals surface area contributed by atoms with Crippen LogP contribution in [0.15, 0.2) is 65.6 Å². The molecule has 3 aromatic rings. The molecular formula is C44H70N2O13S. The number of hydrogen-bond acceptors (Lipinski definition) is 15. The predicted octanol–water partition coefficient (Wildman–Crippen LogP) is 5.66. The maximum Gasteiger partial charge on any atom is 0.305 e. The number of aryl methyl sites for hydroxylation is 1. The van der Waals surface area contributed by atoms with Crippen molar-refractivity contribution in [2.24, 2.45) is 0 Å². The van der Waals surface area contributed by atoms with Crippen LogP contribution >= 0.6 is 0 Å². The Bertz CT molecular complexity index is 1660. The van der Waals surface area contributed by atoms with Crippen molar-refractivity contribution in [1.82, 2.24) is 0 Å². The minimum absolute atomic E-state index is 0. The van der Waals surface area contributed by atoms with Crippen LogP contribution in [0.5, 0.6) is 0 Å². The maximum absolute atomic E-state index is 11.7. The van der Waals surface area contributed by atoms with E-state index in [4.69, 9.17) is 23.9 Å². The molecule has 3 aromatic carbocycles. The van der Waals surface area contributed by atoms with E-state index in [-0.39, 0.29) is 57.3 Å². The van der Waals surface area contributed by atoms with Crippen molar-refractivity contribution in [2.75, 3.05) is 77.1 Å². The van der Waals surface area contributed by atoms with E-state index in [1.165, 1.54) is 26.4 Å². The van der Waals surface area contributed by atoms with Gasteiger partial charge in [0.1, 0.15) is 0 Å². The standard InChI is InChI=1S/C18H29NO5.C13H19NO4.C12H18O4S.CH4/c1-3-8-24-9-7-19(6-4-5-18(22)23-2)17-11-15(13-20)10-16(12-17)14-21;1-18-13(17)3-2-4-14-12-6-10(8-15)5-11(7-12)9-16;1-3-8-15-9-10-16-17(13,14)12-6-4-11(2)5-7-12;/h10-12,20-21H,3-9,13-14H2,1-2H3;5-7,14-16H,2-4,8-9H2,1H3;4-7H,3,8-10H2,1-2H3;1H4. The van der Waals surface area contributed by atoms with Crippen LogP contribution in [0.4, 0.5) is 11.4 Å². The number of hydrogen-bond donors (Lipinski definition) is 5. The summed E-state index contributed by atoms with van der Waals surface area (Å²) in [4.78, 5) is 24.5. The van der Waals surface area contributed by atoms with Crippen molar-refractivity contribution in [2.45, 2.75) is 98.0 Å². The monoisotopic (exact) mass is 866 g/mol. The quantitative estimate of drug-likeness (QED) is 0.0375. The molecule has 0 aromatic heterocycles.